The van der Waals surface area contributed by atoms with E-state index in [1.807, 2.05) is 24.5 Å². The van der Waals surface area contributed by atoms with Crippen molar-refractivity contribution in [2.45, 2.75) is 0 Å². The molecule has 130 valence electrons. The third-order valence-electron chi connectivity index (χ3n) is 3.74. The van der Waals surface area contributed by atoms with Gasteiger partial charge in [-0.25, -0.2) is 9.16 Å². The third-order valence-corrected chi connectivity index (χ3v) is 4.75. The van der Waals surface area contributed by atoms with Crippen molar-refractivity contribution in [3.05, 3.63) is 77.6 Å². The lowest BCUT2D eigenvalue weighted by atomic mass is 9.97. The second-order valence-electron chi connectivity index (χ2n) is 8.20. The molecule has 2 aromatic rings. The van der Waals surface area contributed by atoms with Gasteiger partial charge >= 0.3 is 0 Å². The summed E-state index contributed by atoms with van der Waals surface area (Å²) in [5, 5.41) is 7.03. The summed E-state index contributed by atoms with van der Waals surface area (Å²) >= 11 is 0. The first-order valence-electron chi connectivity index (χ1n) is 8.48. The summed E-state index contributed by atoms with van der Waals surface area (Å²) < 4.78 is 0. The molecule has 0 bridgehead atoms. The number of dihydropyridines is 1. The topological polar surface area (TPSA) is 24.9 Å². The summed E-state index contributed by atoms with van der Waals surface area (Å²) in [6.07, 6.45) is 17.1. The number of hydrogen-bond acceptors (Lipinski definition) is 2. The largest absolute Gasteiger partial charge is 0.381 e. The second-order valence-corrected chi connectivity index (χ2v) is 15.6. The fourth-order valence-corrected chi connectivity index (χ4v) is 3.16. The lowest BCUT2D eigenvalue weighted by Gasteiger charge is -2.40. The standard InChI is InChI=1S/C22H26N2S/c1-25(2,3,4)16-12-18-7-5-8-20(17-18)22-21(9-6-13-24-22)19-10-14-23-15-11-19/h5-11,14-15,17,24-25H,13H2,1-4H3. The number of aromatic nitrogens is 1. The predicted octanol–water partition coefficient (Wildman–Crippen LogP) is 4.01. The Kier molecular flexibility index (Phi) is 4.49. The molecule has 0 saturated heterocycles. The van der Waals surface area contributed by atoms with Crippen molar-refractivity contribution in [3.8, 4) is 11.2 Å². The predicted molar refractivity (Wildman–Crippen MR) is 114 cm³/mol. The van der Waals surface area contributed by atoms with Crippen molar-refractivity contribution >= 4 is 20.4 Å². The minimum Gasteiger partial charge on any atom is -0.381 e. The molecule has 0 fully saturated rings. The lowest BCUT2D eigenvalue weighted by molar-refractivity contribution is 0.999. The zero-order valence-electron chi connectivity index (χ0n) is 15.4. The van der Waals surface area contributed by atoms with Crippen LogP contribution in [-0.2, 0) is 0 Å². The van der Waals surface area contributed by atoms with Crippen LogP contribution in [-0.4, -0.2) is 36.6 Å². The molecular formula is C22H26N2S. The molecule has 0 spiro atoms. The molecule has 2 heterocycles. The summed E-state index contributed by atoms with van der Waals surface area (Å²) in [7, 11) is -1.83. The van der Waals surface area contributed by atoms with Crippen molar-refractivity contribution in [1.82, 2.24) is 10.3 Å². The van der Waals surface area contributed by atoms with Crippen LogP contribution in [0.1, 0.15) is 16.7 Å². The quantitative estimate of drug-likeness (QED) is 0.632. The van der Waals surface area contributed by atoms with Crippen molar-refractivity contribution in [3.63, 3.8) is 0 Å². The minimum absolute atomic E-state index is 0.838. The molecule has 0 amide bonds. The molecule has 2 nitrogen and oxygen atoms in total. The van der Waals surface area contributed by atoms with Gasteiger partial charge in [-0.3, -0.25) is 4.98 Å². The third kappa shape index (κ3) is 4.78. The Bertz CT molecular complexity index is 894. The van der Waals surface area contributed by atoms with Crippen LogP contribution >= 0.6 is 9.16 Å². The van der Waals surface area contributed by atoms with E-state index in [0.717, 1.165) is 17.8 Å². The van der Waals surface area contributed by atoms with Crippen LogP contribution in [0.25, 0.3) is 11.3 Å². The maximum atomic E-state index is 4.12. The molecule has 1 aliphatic rings. The number of allylic oxidation sites excluding steroid dienone is 2. The highest BCUT2D eigenvalue weighted by Gasteiger charge is 2.14. The second kappa shape index (κ2) is 6.46. The van der Waals surface area contributed by atoms with E-state index in [1.54, 1.807) is 0 Å². The number of hydrogen-bond donors (Lipinski definition) is 2. The number of benzene rings is 1. The van der Waals surface area contributed by atoms with E-state index in [2.05, 4.69) is 82.9 Å². The lowest BCUT2D eigenvalue weighted by Crippen LogP contribution is -2.17. The highest BCUT2D eigenvalue weighted by molar-refractivity contribution is 8.51. The average molecular weight is 351 g/mol. The molecule has 3 heteroatoms. The monoisotopic (exact) mass is 350 g/mol. The van der Waals surface area contributed by atoms with Gasteiger partial charge in [0, 0.05) is 35.8 Å². The van der Waals surface area contributed by atoms with Gasteiger partial charge in [0.25, 0.3) is 0 Å². The molecule has 1 aromatic carbocycles. The maximum absolute atomic E-state index is 4.12. The molecule has 1 aromatic heterocycles. The van der Waals surface area contributed by atoms with Crippen LogP contribution in [0.15, 0.2) is 60.9 Å². The molecule has 1 aliphatic heterocycles. The van der Waals surface area contributed by atoms with Crippen LogP contribution in [0.4, 0.5) is 0 Å². The van der Waals surface area contributed by atoms with Gasteiger partial charge in [-0.2, -0.15) is 0 Å². The molecular weight excluding hydrogens is 324 g/mol. The zero-order chi connectivity index (χ0) is 17.9. The van der Waals surface area contributed by atoms with Crippen molar-refractivity contribution < 1.29 is 0 Å². The molecule has 3 rings (SSSR count). The molecule has 0 radical (unpaired) electrons. The average Bonchev–Trinajstić information content (AvgIpc) is 2.60. The molecule has 0 saturated carbocycles. The summed E-state index contributed by atoms with van der Waals surface area (Å²) in [5.41, 5.74) is 5.74. The molecule has 1 N–H and O–H groups in total. The number of nitrogens with one attached hydrogen (secondary N) is 1. The van der Waals surface area contributed by atoms with E-state index >= 15 is 0 Å². The molecule has 0 atom stereocenters. The van der Waals surface area contributed by atoms with E-state index < -0.39 is 9.16 Å². The SMILES string of the molecule is C[SH](C)(C)(C)C#Cc1cccc(C2=C(c3ccncc3)C=CCN2)c1. The first-order chi connectivity index (χ1) is 11.8. The van der Waals surface area contributed by atoms with Crippen LogP contribution in [0.2, 0.25) is 0 Å². The Hall–Kier alpha value is -2.44. The van der Waals surface area contributed by atoms with Gasteiger partial charge in [0.1, 0.15) is 0 Å². The number of thiol groups is 1. The van der Waals surface area contributed by atoms with Crippen LogP contribution in [0, 0.1) is 11.2 Å². The van der Waals surface area contributed by atoms with E-state index in [4.69, 9.17) is 0 Å². The first-order valence-corrected chi connectivity index (χ1v) is 12.5. The van der Waals surface area contributed by atoms with Crippen molar-refractivity contribution in [2.24, 2.45) is 0 Å². The Morgan fingerprint density at radius 1 is 1.00 bits per heavy atom. The Morgan fingerprint density at radius 2 is 1.76 bits per heavy atom. The summed E-state index contributed by atoms with van der Waals surface area (Å²) in [6, 6.07) is 12.6. The van der Waals surface area contributed by atoms with Gasteiger partial charge in [0.05, 0.1) is 0 Å². The number of nitrogens with zero attached hydrogens (tertiary/aromatic N) is 1. The zero-order valence-corrected chi connectivity index (χ0v) is 16.3. The fourth-order valence-electron chi connectivity index (χ4n) is 2.59. The normalized spacial score (nSPS) is 15.6. The highest BCUT2D eigenvalue weighted by atomic mass is 32.3. The van der Waals surface area contributed by atoms with Gasteiger partial charge in [-0.05, 0) is 60.4 Å². The van der Waals surface area contributed by atoms with Gasteiger partial charge in [0.15, 0.2) is 0 Å². The van der Waals surface area contributed by atoms with Crippen LogP contribution < -0.4 is 5.32 Å². The summed E-state index contributed by atoms with van der Waals surface area (Å²) in [4.78, 5) is 4.12. The van der Waals surface area contributed by atoms with E-state index in [1.165, 1.54) is 16.7 Å². The van der Waals surface area contributed by atoms with E-state index in [9.17, 15) is 0 Å². The van der Waals surface area contributed by atoms with Crippen molar-refractivity contribution in [2.75, 3.05) is 31.6 Å². The highest BCUT2D eigenvalue weighted by Crippen LogP contribution is 2.54. The number of pyridine rings is 1. The molecule has 0 unspecified atom stereocenters. The minimum atomic E-state index is -1.83. The first kappa shape index (κ1) is 17.4. The number of rotatable bonds is 2. The Labute approximate surface area is 151 Å². The van der Waals surface area contributed by atoms with Crippen molar-refractivity contribution in [1.29, 1.82) is 0 Å². The molecule has 0 aliphatic carbocycles. The van der Waals surface area contributed by atoms with E-state index in [0.29, 0.717) is 0 Å². The summed E-state index contributed by atoms with van der Waals surface area (Å²) in [6.45, 7) is 0.838. The smallest absolute Gasteiger partial charge is 0.0496 e. The van der Waals surface area contributed by atoms with Gasteiger partial charge in [0.2, 0.25) is 0 Å². The summed E-state index contributed by atoms with van der Waals surface area (Å²) in [5.74, 6) is 3.39. The molecule has 25 heavy (non-hydrogen) atoms. The van der Waals surface area contributed by atoms with Gasteiger partial charge in [-0.1, -0.05) is 35.5 Å². The van der Waals surface area contributed by atoms with E-state index in [-0.39, 0.29) is 0 Å². The maximum Gasteiger partial charge on any atom is 0.0496 e. The van der Waals surface area contributed by atoms with Crippen LogP contribution in [0.5, 0.6) is 0 Å². The van der Waals surface area contributed by atoms with Gasteiger partial charge in [-0.15, -0.1) is 0 Å². The Morgan fingerprint density at radius 3 is 2.48 bits per heavy atom. The van der Waals surface area contributed by atoms with Gasteiger partial charge < -0.3 is 5.32 Å². The van der Waals surface area contributed by atoms with Crippen LogP contribution in [0.3, 0.4) is 0 Å². The fraction of sp³-hybridized carbons (Fsp3) is 0.227. The Balaban J connectivity index is 2.05.